The SMILES string of the molecule is Cc1nc(N2CCOCC2)sc1C(=O)N(Cc1ccccc1)CC1CCC1. The van der Waals surface area contributed by atoms with Gasteiger partial charge in [0.05, 0.1) is 18.9 Å². The fourth-order valence-electron chi connectivity index (χ4n) is 3.62. The lowest BCUT2D eigenvalue weighted by Gasteiger charge is -2.32. The van der Waals surface area contributed by atoms with E-state index >= 15 is 0 Å². The summed E-state index contributed by atoms with van der Waals surface area (Å²) in [6.45, 7) is 6.61. The molecule has 0 bridgehead atoms. The van der Waals surface area contributed by atoms with E-state index < -0.39 is 0 Å². The summed E-state index contributed by atoms with van der Waals surface area (Å²) in [5.41, 5.74) is 2.03. The lowest BCUT2D eigenvalue weighted by Crippen LogP contribution is -2.37. The summed E-state index contributed by atoms with van der Waals surface area (Å²) in [6, 6.07) is 10.3. The maximum absolute atomic E-state index is 13.4. The molecule has 1 aromatic carbocycles. The molecule has 0 spiro atoms. The van der Waals surface area contributed by atoms with Crippen molar-refractivity contribution in [3.05, 3.63) is 46.5 Å². The second-order valence-corrected chi connectivity index (χ2v) is 8.46. The first-order valence-electron chi connectivity index (χ1n) is 9.84. The van der Waals surface area contributed by atoms with Gasteiger partial charge in [-0.15, -0.1) is 0 Å². The van der Waals surface area contributed by atoms with Gasteiger partial charge < -0.3 is 14.5 Å². The number of thiazole rings is 1. The minimum atomic E-state index is 0.125. The number of amides is 1. The molecular formula is C21H27N3O2S. The molecule has 2 aromatic rings. The van der Waals surface area contributed by atoms with Gasteiger partial charge in [-0.25, -0.2) is 4.98 Å². The van der Waals surface area contributed by atoms with Crippen molar-refractivity contribution in [1.29, 1.82) is 0 Å². The molecule has 2 aliphatic rings. The summed E-state index contributed by atoms with van der Waals surface area (Å²) >= 11 is 1.53. The summed E-state index contributed by atoms with van der Waals surface area (Å²) in [5.74, 6) is 0.768. The Bertz CT molecular complexity index is 767. The standard InChI is InChI=1S/C21H27N3O2S/c1-16-19(27-21(22-16)23-10-12-26-13-11-23)20(25)24(15-18-8-5-9-18)14-17-6-3-2-4-7-17/h2-4,6-7,18H,5,8-15H2,1H3. The van der Waals surface area contributed by atoms with Crippen LogP contribution < -0.4 is 4.90 Å². The molecule has 1 amide bonds. The molecule has 1 aromatic heterocycles. The molecule has 0 atom stereocenters. The molecule has 0 unspecified atom stereocenters. The lowest BCUT2D eigenvalue weighted by molar-refractivity contribution is 0.0683. The number of aromatic nitrogens is 1. The van der Waals surface area contributed by atoms with Crippen LogP contribution in [-0.4, -0.2) is 48.6 Å². The van der Waals surface area contributed by atoms with E-state index in [9.17, 15) is 4.79 Å². The molecule has 1 saturated heterocycles. The normalized spacial score (nSPS) is 17.6. The number of nitrogens with zero attached hydrogens (tertiary/aromatic N) is 3. The van der Waals surface area contributed by atoms with Crippen LogP contribution in [0, 0.1) is 12.8 Å². The molecular weight excluding hydrogens is 358 g/mol. The van der Waals surface area contributed by atoms with E-state index in [0.29, 0.717) is 12.5 Å². The number of carbonyl (C=O) groups excluding carboxylic acids is 1. The molecule has 0 radical (unpaired) electrons. The van der Waals surface area contributed by atoms with E-state index in [-0.39, 0.29) is 5.91 Å². The zero-order valence-corrected chi connectivity index (χ0v) is 16.7. The van der Waals surface area contributed by atoms with Gasteiger partial charge in [-0.1, -0.05) is 48.1 Å². The highest BCUT2D eigenvalue weighted by atomic mass is 32.1. The van der Waals surface area contributed by atoms with Gasteiger partial charge in [0.1, 0.15) is 4.88 Å². The van der Waals surface area contributed by atoms with E-state index in [0.717, 1.165) is 48.6 Å². The Morgan fingerprint density at radius 2 is 2.00 bits per heavy atom. The maximum Gasteiger partial charge on any atom is 0.266 e. The van der Waals surface area contributed by atoms with Crippen LogP contribution >= 0.6 is 11.3 Å². The molecule has 6 heteroatoms. The summed E-state index contributed by atoms with van der Waals surface area (Å²) in [5, 5.41) is 0.947. The van der Waals surface area contributed by atoms with E-state index in [1.807, 2.05) is 30.0 Å². The number of ether oxygens (including phenoxy) is 1. The van der Waals surface area contributed by atoms with Crippen molar-refractivity contribution in [3.8, 4) is 0 Å². The first kappa shape index (κ1) is 18.4. The maximum atomic E-state index is 13.4. The van der Waals surface area contributed by atoms with Gasteiger partial charge in [0.25, 0.3) is 5.91 Å². The van der Waals surface area contributed by atoms with Gasteiger partial charge in [0.15, 0.2) is 5.13 Å². The Kier molecular flexibility index (Phi) is 5.74. The Labute approximate surface area is 165 Å². The molecule has 5 nitrogen and oxygen atoms in total. The predicted molar refractivity (Wildman–Crippen MR) is 108 cm³/mol. The fraction of sp³-hybridized carbons (Fsp3) is 0.524. The number of rotatable bonds is 6. The van der Waals surface area contributed by atoms with Crippen molar-refractivity contribution in [2.45, 2.75) is 32.7 Å². The Hall–Kier alpha value is -1.92. The minimum Gasteiger partial charge on any atom is -0.378 e. The van der Waals surface area contributed by atoms with Crippen molar-refractivity contribution in [3.63, 3.8) is 0 Å². The van der Waals surface area contributed by atoms with Gasteiger partial charge in [-0.05, 0) is 31.2 Å². The minimum absolute atomic E-state index is 0.125. The molecule has 2 fully saturated rings. The first-order valence-corrected chi connectivity index (χ1v) is 10.7. The summed E-state index contributed by atoms with van der Waals surface area (Å²) in [4.78, 5) is 23.1. The molecule has 144 valence electrons. The van der Waals surface area contributed by atoms with E-state index in [1.165, 1.54) is 36.2 Å². The Morgan fingerprint density at radius 1 is 1.26 bits per heavy atom. The molecule has 1 aliphatic heterocycles. The number of benzene rings is 1. The Balaban J connectivity index is 1.53. The van der Waals surface area contributed by atoms with E-state index in [2.05, 4.69) is 17.0 Å². The zero-order valence-electron chi connectivity index (χ0n) is 15.9. The number of hydrogen-bond donors (Lipinski definition) is 0. The molecule has 1 aliphatic carbocycles. The van der Waals surface area contributed by atoms with Gasteiger partial charge in [-0.3, -0.25) is 4.79 Å². The number of aryl methyl sites for hydroxylation is 1. The lowest BCUT2D eigenvalue weighted by atomic mass is 9.85. The topological polar surface area (TPSA) is 45.7 Å². The average Bonchev–Trinajstić information content (AvgIpc) is 3.06. The smallest absolute Gasteiger partial charge is 0.266 e. The average molecular weight is 386 g/mol. The summed E-state index contributed by atoms with van der Waals surface area (Å²) in [7, 11) is 0. The van der Waals surface area contributed by atoms with Crippen LogP contribution in [0.1, 0.15) is 40.2 Å². The van der Waals surface area contributed by atoms with Crippen molar-refractivity contribution in [2.24, 2.45) is 5.92 Å². The number of morpholine rings is 1. The molecule has 1 saturated carbocycles. The van der Waals surface area contributed by atoms with E-state index in [4.69, 9.17) is 9.72 Å². The third-order valence-corrected chi connectivity index (χ3v) is 6.67. The Morgan fingerprint density at radius 3 is 2.67 bits per heavy atom. The van der Waals surface area contributed by atoms with Crippen LogP contribution in [0.4, 0.5) is 5.13 Å². The second kappa shape index (κ2) is 8.40. The third kappa shape index (κ3) is 4.33. The number of hydrogen-bond acceptors (Lipinski definition) is 5. The fourth-order valence-corrected chi connectivity index (χ4v) is 4.71. The molecule has 0 N–H and O–H groups in total. The monoisotopic (exact) mass is 385 g/mol. The van der Waals surface area contributed by atoms with Crippen LogP contribution in [0.2, 0.25) is 0 Å². The van der Waals surface area contributed by atoms with Crippen molar-refractivity contribution < 1.29 is 9.53 Å². The largest absolute Gasteiger partial charge is 0.378 e. The first-order chi connectivity index (χ1) is 13.2. The van der Waals surface area contributed by atoms with Crippen molar-refractivity contribution in [2.75, 3.05) is 37.7 Å². The van der Waals surface area contributed by atoms with Gasteiger partial charge in [0.2, 0.25) is 0 Å². The van der Waals surface area contributed by atoms with Gasteiger partial charge >= 0.3 is 0 Å². The van der Waals surface area contributed by atoms with Gasteiger partial charge in [0, 0.05) is 26.2 Å². The molecule has 27 heavy (non-hydrogen) atoms. The van der Waals surface area contributed by atoms with Crippen LogP contribution in [-0.2, 0) is 11.3 Å². The predicted octanol–water partition coefficient (Wildman–Crippen LogP) is 3.73. The molecule has 4 rings (SSSR count). The number of carbonyl (C=O) groups is 1. The van der Waals surface area contributed by atoms with Gasteiger partial charge in [-0.2, -0.15) is 0 Å². The quantitative estimate of drug-likeness (QED) is 0.760. The highest BCUT2D eigenvalue weighted by molar-refractivity contribution is 7.17. The van der Waals surface area contributed by atoms with E-state index in [1.54, 1.807) is 0 Å². The third-order valence-electron chi connectivity index (χ3n) is 5.47. The van der Waals surface area contributed by atoms with Crippen LogP contribution in [0.25, 0.3) is 0 Å². The van der Waals surface area contributed by atoms with Crippen LogP contribution in [0.3, 0.4) is 0 Å². The highest BCUT2D eigenvalue weighted by Gasteiger charge is 2.28. The molecule has 2 heterocycles. The van der Waals surface area contributed by atoms with Crippen molar-refractivity contribution in [1.82, 2.24) is 9.88 Å². The second-order valence-electron chi connectivity index (χ2n) is 7.48. The van der Waals surface area contributed by atoms with Crippen LogP contribution in [0.15, 0.2) is 30.3 Å². The number of anilines is 1. The zero-order chi connectivity index (χ0) is 18.6. The summed E-state index contributed by atoms with van der Waals surface area (Å²) < 4.78 is 5.43. The summed E-state index contributed by atoms with van der Waals surface area (Å²) in [6.07, 6.45) is 3.76. The van der Waals surface area contributed by atoms with Crippen LogP contribution in [0.5, 0.6) is 0 Å². The highest BCUT2D eigenvalue weighted by Crippen LogP contribution is 2.31. The van der Waals surface area contributed by atoms with Crippen molar-refractivity contribution >= 4 is 22.4 Å².